The van der Waals surface area contributed by atoms with E-state index in [1.54, 1.807) is 11.1 Å². The second-order valence-corrected chi connectivity index (χ2v) is 6.11. The van der Waals surface area contributed by atoms with Crippen molar-refractivity contribution in [1.29, 1.82) is 0 Å². The average molecular weight is 302 g/mol. The zero-order valence-electron chi connectivity index (χ0n) is 12.0. The van der Waals surface area contributed by atoms with E-state index in [2.05, 4.69) is 29.4 Å². The molecule has 0 atom stereocenters. The van der Waals surface area contributed by atoms with E-state index in [-0.39, 0.29) is 6.03 Å². The van der Waals surface area contributed by atoms with Gasteiger partial charge >= 0.3 is 6.03 Å². The average Bonchev–Trinajstić information content (AvgIpc) is 3.09. The Balaban J connectivity index is 1.63. The molecule has 1 aliphatic heterocycles. The number of anilines is 2. The number of nitrogens with zero attached hydrogens (tertiary/aromatic N) is 3. The minimum atomic E-state index is -0.129. The van der Waals surface area contributed by atoms with E-state index in [9.17, 15) is 4.79 Å². The number of hydrogen-bond donors (Lipinski definition) is 1. The van der Waals surface area contributed by atoms with E-state index in [1.807, 2.05) is 34.7 Å². The van der Waals surface area contributed by atoms with Gasteiger partial charge in [-0.2, -0.15) is 11.8 Å². The van der Waals surface area contributed by atoms with E-state index in [0.29, 0.717) is 12.5 Å². The van der Waals surface area contributed by atoms with Gasteiger partial charge in [0.05, 0.1) is 0 Å². The van der Waals surface area contributed by atoms with Crippen LogP contribution in [0.3, 0.4) is 0 Å². The third-order valence-electron chi connectivity index (χ3n) is 3.42. The zero-order chi connectivity index (χ0) is 14.7. The third kappa shape index (κ3) is 3.05. The first-order chi connectivity index (χ1) is 10.3. The van der Waals surface area contributed by atoms with Crippen LogP contribution in [-0.4, -0.2) is 27.9 Å². The number of fused-ring (bicyclic) bond motifs is 1. The van der Waals surface area contributed by atoms with Crippen molar-refractivity contribution in [2.75, 3.05) is 22.5 Å². The molecule has 0 radical (unpaired) electrons. The highest BCUT2D eigenvalue weighted by molar-refractivity contribution is 7.98. The molecule has 2 amide bonds. The molecule has 1 aromatic carbocycles. The molecule has 0 saturated heterocycles. The van der Waals surface area contributed by atoms with Crippen molar-refractivity contribution in [3.63, 3.8) is 0 Å². The minimum absolute atomic E-state index is 0.129. The van der Waals surface area contributed by atoms with Crippen LogP contribution in [0.15, 0.2) is 36.7 Å². The Hall–Kier alpha value is -1.95. The Morgan fingerprint density at radius 2 is 2.14 bits per heavy atom. The molecule has 5 nitrogen and oxygen atoms in total. The van der Waals surface area contributed by atoms with E-state index >= 15 is 0 Å². The first-order valence-electron chi connectivity index (χ1n) is 7.04. The summed E-state index contributed by atoms with van der Waals surface area (Å²) >= 11 is 1.89. The quantitative estimate of drug-likeness (QED) is 0.943. The fourth-order valence-electron chi connectivity index (χ4n) is 2.32. The number of hydrogen-bond acceptors (Lipinski definition) is 3. The maximum atomic E-state index is 12.3. The van der Waals surface area contributed by atoms with Gasteiger partial charge in [0.15, 0.2) is 0 Å². The molecule has 1 aromatic heterocycles. The van der Waals surface area contributed by atoms with Gasteiger partial charge in [-0.1, -0.05) is 19.1 Å². The Bertz CT molecular complexity index is 623. The van der Waals surface area contributed by atoms with Gasteiger partial charge < -0.3 is 9.88 Å². The van der Waals surface area contributed by atoms with E-state index in [1.165, 1.54) is 5.56 Å². The van der Waals surface area contributed by atoms with Crippen LogP contribution in [0.2, 0.25) is 0 Å². The van der Waals surface area contributed by atoms with Crippen molar-refractivity contribution >= 4 is 29.4 Å². The largest absolute Gasteiger partial charge is 0.328 e. The van der Waals surface area contributed by atoms with Crippen LogP contribution in [0.25, 0.3) is 0 Å². The highest BCUT2D eigenvalue weighted by atomic mass is 32.2. The molecule has 1 N–H and O–H groups in total. The molecular formula is C15H18N4OS. The second-order valence-electron chi connectivity index (χ2n) is 4.84. The van der Waals surface area contributed by atoms with Gasteiger partial charge in [-0.15, -0.1) is 0 Å². The highest BCUT2D eigenvalue weighted by Crippen LogP contribution is 2.20. The molecular weight excluding hydrogens is 284 g/mol. The Kier molecular flexibility index (Phi) is 4.15. The van der Waals surface area contributed by atoms with Crippen LogP contribution in [0, 0.1) is 0 Å². The highest BCUT2D eigenvalue weighted by Gasteiger charge is 2.25. The first-order valence-corrected chi connectivity index (χ1v) is 8.19. The Morgan fingerprint density at radius 1 is 1.33 bits per heavy atom. The number of aromatic nitrogens is 2. The van der Waals surface area contributed by atoms with Crippen molar-refractivity contribution in [3.8, 4) is 0 Å². The van der Waals surface area contributed by atoms with Crippen molar-refractivity contribution in [2.24, 2.45) is 0 Å². The zero-order valence-corrected chi connectivity index (χ0v) is 12.8. The molecule has 0 unspecified atom stereocenters. The summed E-state index contributed by atoms with van der Waals surface area (Å²) in [6.45, 7) is 3.62. The lowest BCUT2D eigenvalue weighted by Gasteiger charge is -2.15. The lowest BCUT2D eigenvalue weighted by atomic mass is 10.2. The summed E-state index contributed by atoms with van der Waals surface area (Å²) in [5.41, 5.74) is 2.09. The molecule has 0 aliphatic carbocycles. The molecule has 3 rings (SSSR count). The number of thioether (sulfide) groups is 1. The molecule has 0 spiro atoms. The summed E-state index contributed by atoms with van der Waals surface area (Å²) < 4.78 is 1.98. The Morgan fingerprint density at radius 3 is 2.90 bits per heavy atom. The van der Waals surface area contributed by atoms with Crippen LogP contribution in [-0.2, 0) is 12.3 Å². The van der Waals surface area contributed by atoms with Gasteiger partial charge in [-0.05, 0) is 23.4 Å². The van der Waals surface area contributed by atoms with Crippen LogP contribution in [0.4, 0.5) is 16.4 Å². The smallest absolute Gasteiger partial charge is 0.315 e. The third-order valence-corrected chi connectivity index (χ3v) is 4.37. The topological polar surface area (TPSA) is 50.2 Å². The predicted octanol–water partition coefficient (Wildman–Crippen LogP) is 3.19. The molecule has 2 aromatic rings. The van der Waals surface area contributed by atoms with Gasteiger partial charge in [0.25, 0.3) is 0 Å². The van der Waals surface area contributed by atoms with Gasteiger partial charge in [0.1, 0.15) is 0 Å². The summed E-state index contributed by atoms with van der Waals surface area (Å²) in [5.74, 6) is 2.83. The summed E-state index contributed by atoms with van der Waals surface area (Å²) in [5, 5.41) is 2.92. The number of rotatable bonds is 4. The molecule has 0 bridgehead atoms. The molecule has 21 heavy (non-hydrogen) atoms. The number of urea groups is 1. The van der Waals surface area contributed by atoms with Gasteiger partial charge in [0.2, 0.25) is 5.95 Å². The maximum Gasteiger partial charge on any atom is 0.328 e. The predicted molar refractivity (Wildman–Crippen MR) is 86.9 cm³/mol. The normalized spacial score (nSPS) is 13.3. The standard InChI is InChI=1S/C15H18N4OS/c1-2-21-11-12-3-5-13(6-4-12)17-15(20)19-10-9-18-8-7-16-14(18)19/h3-8H,2,9-11H2,1H3,(H,17,20). The monoisotopic (exact) mass is 302 g/mol. The van der Waals surface area contributed by atoms with E-state index < -0.39 is 0 Å². The van der Waals surface area contributed by atoms with Crippen molar-refractivity contribution in [3.05, 3.63) is 42.2 Å². The lowest BCUT2D eigenvalue weighted by molar-refractivity contribution is 0.257. The summed E-state index contributed by atoms with van der Waals surface area (Å²) in [6, 6.07) is 7.89. The van der Waals surface area contributed by atoms with Crippen molar-refractivity contribution in [1.82, 2.24) is 9.55 Å². The van der Waals surface area contributed by atoms with Crippen LogP contribution in [0.5, 0.6) is 0 Å². The van der Waals surface area contributed by atoms with Crippen LogP contribution in [0.1, 0.15) is 12.5 Å². The SMILES string of the molecule is CCSCc1ccc(NC(=O)N2CCn3ccnc32)cc1. The number of carbonyl (C=O) groups is 1. The summed E-state index contributed by atoms with van der Waals surface area (Å²) in [4.78, 5) is 18.2. The molecule has 1 aliphatic rings. The number of benzene rings is 1. The number of nitrogens with one attached hydrogen (secondary N) is 1. The minimum Gasteiger partial charge on any atom is -0.315 e. The summed E-state index contributed by atoms with van der Waals surface area (Å²) in [6.07, 6.45) is 3.61. The number of amides is 2. The molecule has 0 fully saturated rings. The van der Waals surface area contributed by atoms with Crippen molar-refractivity contribution in [2.45, 2.75) is 19.2 Å². The van der Waals surface area contributed by atoms with E-state index in [4.69, 9.17) is 0 Å². The number of imidazole rings is 1. The van der Waals surface area contributed by atoms with E-state index in [0.717, 1.165) is 23.7 Å². The molecule has 6 heteroatoms. The van der Waals surface area contributed by atoms with Crippen molar-refractivity contribution < 1.29 is 4.79 Å². The lowest BCUT2D eigenvalue weighted by Crippen LogP contribution is -2.33. The van der Waals surface area contributed by atoms with Crippen LogP contribution >= 0.6 is 11.8 Å². The second kappa shape index (κ2) is 6.22. The van der Waals surface area contributed by atoms with Gasteiger partial charge in [-0.3, -0.25) is 4.90 Å². The maximum absolute atomic E-state index is 12.3. The molecule has 0 saturated carbocycles. The summed E-state index contributed by atoms with van der Waals surface area (Å²) in [7, 11) is 0. The fourth-order valence-corrected chi connectivity index (χ4v) is 2.95. The number of carbonyl (C=O) groups excluding carboxylic acids is 1. The molecule has 110 valence electrons. The first kappa shape index (κ1) is 14.0. The Labute approximate surface area is 128 Å². The fraction of sp³-hybridized carbons (Fsp3) is 0.333. The van der Waals surface area contributed by atoms with Gasteiger partial charge in [0, 0.05) is 36.9 Å². The molecule has 2 heterocycles. The van der Waals surface area contributed by atoms with Gasteiger partial charge in [-0.25, -0.2) is 9.78 Å². The van der Waals surface area contributed by atoms with Crippen LogP contribution < -0.4 is 10.2 Å².